The summed E-state index contributed by atoms with van der Waals surface area (Å²) in [4.78, 5) is 9.84. The second-order valence-corrected chi connectivity index (χ2v) is 4.11. The van der Waals surface area contributed by atoms with Gasteiger partial charge >= 0.3 is 5.69 Å². The van der Waals surface area contributed by atoms with Crippen LogP contribution in [0.1, 0.15) is 5.56 Å². The lowest BCUT2D eigenvalue weighted by molar-refractivity contribution is -0.385. The molecule has 0 aliphatic rings. The zero-order chi connectivity index (χ0) is 12.3. The number of hydrogen-bond donors (Lipinski definition) is 1. The molecule has 1 aromatic carbocycles. The summed E-state index contributed by atoms with van der Waals surface area (Å²) in [5.41, 5.74) is 0.695. The Balaban J connectivity index is 2.07. The van der Waals surface area contributed by atoms with Gasteiger partial charge in [0.25, 0.3) is 0 Å². The van der Waals surface area contributed by atoms with Crippen molar-refractivity contribution in [2.45, 2.75) is 6.61 Å². The van der Waals surface area contributed by atoms with E-state index in [0.29, 0.717) is 12.4 Å². The standard InChI is InChI=1S/C11H9NO4S/c13-11-5-9(1-2-10(11)12(14)15)16-6-8-3-4-17-7-8/h1-5,7,13H,6H2. The first-order valence-corrected chi connectivity index (χ1v) is 5.72. The van der Waals surface area contributed by atoms with Gasteiger partial charge in [0.1, 0.15) is 12.4 Å². The lowest BCUT2D eigenvalue weighted by atomic mass is 10.3. The summed E-state index contributed by atoms with van der Waals surface area (Å²) in [5.74, 6) is 0.0112. The topological polar surface area (TPSA) is 72.6 Å². The number of phenols is 1. The van der Waals surface area contributed by atoms with Gasteiger partial charge < -0.3 is 9.84 Å². The van der Waals surface area contributed by atoms with E-state index in [2.05, 4.69) is 0 Å². The zero-order valence-electron chi connectivity index (χ0n) is 8.70. The van der Waals surface area contributed by atoms with Crippen LogP contribution in [0.3, 0.4) is 0 Å². The van der Waals surface area contributed by atoms with Crippen LogP contribution in [0.15, 0.2) is 35.0 Å². The van der Waals surface area contributed by atoms with Crippen LogP contribution < -0.4 is 4.74 Å². The second kappa shape index (κ2) is 4.84. The van der Waals surface area contributed by atoms with Gasteiger partial charge in [-0.15, -0.1) is 0 Å². The third kappa shape index (κ3) is 2.73. The van der Waals surface area contributed by atoms with Crippen LogP contribution in [-0.4, -0.2) is 10.0 Å². The van der Waals surface area contributed by atoms with Crippen LogP contribution in [0, 0.1) is 10.1 Å². The largest absolute Gasteiger partial charge is 0.502 e. The molecule has 0 spiro atoms. The fourth-order valence-corrected chi connectivity index (χ4v) is 1.94. The third-order valence-electron chi connectivity index (χ3n) is 2.13. The minimum atomic E-state index is -0.641. The molecule has 6 heteroatoms. The highest BCUT2D eigenvalue weighted by Crippen LogP contribution is 2.30. The molecule has 0 amide bonds. The molecule has 0 fully saturated rings. The Bertz CT molecular complexity index is 524. The van der Waals surface area contributed by atoms with Crippen molar-refractivity contribution in [3.63, 3.8) is 0 Å². The monoisotopic (exact) mass is 251 g/mol. The summed E-state index contributed by atoms with van der Waals surface area (Å²) >= 11 is 1.57. The van der Waals surface area contributed by atoms with Crippen molar-refractivity contribution < 1.29 is 14.8 Å². The highest BCUT2D eigenvalue weighted by atomic mass is 32.1. The first kappa shape index (κ1) is 11.4. The Morgan fingerprint density at radius 2 is 2.24 bits per heavy atom. The molecule has 1 heterocycles. The molecule has 0 aliphatic heterocycles. The van der Waals surface area contributed by atoms with Gasteiger partial charge in [-0.3, -0.25) is 10.1 Å². The normalized spacial score (nSPS) is 10.1. The molecular weight excluding hydrogens is 242 g/mol. The summed E-state index contributed by atoms with van der Waals surface area (Å²) in [6.07, 6.45) is 0. The predicted octanol–water partition coefficient (Wildman–Crippen LogP) is 2.94. The fourth-order valence-electron chi connectivity index (χ4n) is 1.29. The predicted molar refractivity (Wildman–Crippen MR) is 63.4 cm³/mol. The number of nitro benzene ring substituents is 1. The van der Waals surface area contributed by atoms with Crippen LogP contribution in [-0.2, 0) is 6.61 Å². The van der Waals surface area contributed by atoms with Crippen molar-refractivity contribution in [2.24, 2.45) is 0 Å². The molecule has 1 aromatic heterocycles. The fraction of sp³-hybridized carbons (Fsp3) is 0.0909. The van der Waals surface area contributed by atoms with Crippen LogP contribution in [0.25, 0.3) is 0 Å². The van der Waals surface area contributed by atoms with Gasteiger partial charge in [-0.05, 0) is 28.5 Å². The minimum Gasteiger partial charge on any atom is -0.502 e. The van der Waals surface area contributed by atoms with Crippen molar-refractivity contribution in [1.29, 1.82) is 0 Å². The molecule has 2 rings (SSSR count). The molecular formula is C11H9NO4S. The first-order chi connectivity index (χ1) is 8.16. The molecule has 0 saturated carbocycles. The summed E-state index contributed by atoms with van der Waals surface area (Å²) in [5, 5.41) is 23.8. The van der Waals surface area contributed by atoms with Gasteiger partial charge in [-0.2, -0.15) is 11.3 Å². The van der Waals surface area contributed by atoms with Crippen molar-refractivity contribution in [2.75, 3.05) is 0 Å². The van der Waals surface area contributed by atoms with Gasteiger partial charge in [0, 0.05) is 12.1 Å². The van der Waals surface area contributed by atoms with Gasteiger partial charge in [0.2, 0.25) is 0 Å². The lowest BCUT2D eigenvalue weighted by Crippen LogP contribution is -1.94. The van der Waals surface area contributed by atoms with Gasteiger partial charge in [0.05, 0.1) is 4.92 Å². The molecule has 0 unspecified atom stereocenters. The Hall–Kier alpha value is -2.08. The third-order valence-corrected chi connectivity index (χ3v) is 2.86. The maximum absolute atomic E-state index is 10.5. The number of hydrogen-bond acceptors (Lipinski definition) is 5. The molecule has 0 bridgehead atoms. The first-order valence-electron chi connectivity index (χ1n) is 4.78. The van der Waals surface area contributed by atoms with Crippen LogP contribution in [0.4, 0.5) is 5.69 Å². The van der Waals surface area contributed by atoms with E-state index in [4.69, 9.17) is 4.74 Å². The average Bonchev–Trinajstić information content (AvgIpc) is 2.78. The number of aromatic hydroxyl groups is 1. The van der Waals surface area contributed by atoms with Crippen LogP contribution >= 0.6 is 11.3 Å². The number of nitro groups is 1. The maximum atomic E-state index is 10.5. The minimum absolute atomic E-state index is 0.326. The highest BCUT2D eigenvalue weighted by Gasteiger charge is 2.13. The van der Waals surface area contributed by atoms with Gasteiger partial charge in [0.15, 0.2) is 5.75 Å². The smallest absolute Gasteiger partial charge is 0.310 e. The molecule has 0 saturated heterocycles. The molecule has 2 aromatic rings. The van der Waals surface area contributed by atoms with Crippen molar-refractivity contribution in [3.8, 4) is 11.5 Å². The number of rotatable bonds is 4. The average molecular weight is 251 g/mol. The van der Waals surface area contributed by atoms with E-state index in [1.807, 2.05) is 16.8 Å². The Labute approximate surface area is 101 Å². The Morgan fingerprint density at radius 1 is 1.41 bits per heavy atom. The summed E-state index contributed by atoms with van der Waals surface area (Å²) in [6.45, 7) is 0.376. The van der Waals surface area contributed by atoms with Crippen molar-refractivity contribution in [1.82, 2.24) is 0 Å². The molecule has 17 heavy (non-hydrogen) atoms. The van der Waals surface area contributed by atoms with E-state index in [1.54, 1.807) is 11.3 Å². The van der Waals surface area contributed by atoms with E-state index in [0.717, 1.165) is 5.56 Å². The Morgan fingerprint density at radius 3 is 2.82 bits per heavy atom. The molecule has 0 atom stereocenters. The quantitative estimate of drug-likeness (QED) is 0.669. The van der Waals surface area contributed by atoms with E-state index in [1.165, 1.54) is 18.2 Å². The highest BCUT2D eigenvalue weighted by molar-refractivity contribution is 7.07. The van der Waals surface area contributed by atoms with E-state index in [9.17, 15) is 15.2 Å². The summed E-state index contributed by atoms with van der Waals surface area (Å²) in [7, 11) is 0. The number of benzene rings is 1. The van der Waals surface area contributed by atoms with Crippen molar-refractivity contribution in [3.05, 3.63) is 50.7 Å². The molecule has 5 nitrogen and oxygen atoms in total. The number of nitrogens with zero attached hydrogens (tertiary/aromatic N) is 1. The SMILES string of the molecule is O=[N+]([O-])c1ccc(OCc2ccsc2)cc1O. The molecule has 0 radical (unpaired) electrons. The van der Waals surface area contributed by atoms with E-state index < -0.39 is 10.7 Å². The summed E-state index contributed by atoms with van der Waals surface area (Å²) < 4.78 is 5.39. The van der Waals surface area contributed by atoms with Crippen LogP contribution in [0.2, 0.25) is 0 Å². The van der Waals surface area contributed by atoms with Gasteiger partial charge in [-0.25, -0.2) is 0 Å². The van der Waals surface area contributed by atoms with E-state index >= 15 is 0 Å². The zero-order valence-corrected chi connectivity index (χ0v) is 9.52. The second-order valence-electron chi connectivity index (χ2n) is 3.33. The van der Waals surface area contributed by atoms with Crippen molar-refractivity contribution >= 4 is 17.0 Å². The number of ether oxygens (including phenoxy) is 1. The molecule has 88 valence electrons. The number of phenolic OH excluding ortho intramolecular Hbond substituents is 1. The molecule has 0 aliphatic carbocycles. The Kier molecular flexibility index (Phi) is 3.24. The van der Waals surface area contributed by atoms with E-state index in [-0.39, 0.29) is 5.69 Å². The van der Waals surface area contributed by atoms with Gasteiger partial charge in [-0.1, -0.05) is 0 Å². The maximum Gasteiger partial charge on any atom is 0.310 e. The molecule has 1 N–H and O–H groups in total. The van der Waals surface area contributed by atoms with Crippen LogP contribution in [0.5, 0.6) is 11.5 Å². The number of thiophene rings is 1. The summed E-state index contributed by atoms with van der Waals surface area (Å²) in [6, 6.07) is 5.85. The lowest BCUT2D eigenvalue weighted by Gasteiger charge is -2.05.